The summed E-state index contributed by atoms with van der Waals surface area (Å²) in [5.41, 5.74) is -0.176. The van der Waals surface area contributed by atoms with Crippen LogP contribution in [-0.2, 0) is 0 Å². The number of aliphatic hydroxyl groups excluding tert-OH is 1. The maximum absolute atomic E-state index is 11.1. The number of aromatic nitrogens is 2. The molecule has 1 fully saturated rings. The van der Waals surface area contributed by atoms with Crippen LogP contribution in [0.1, 0.15) is 37.8 Å². The van der Waals surface area contributed by atoms with E-state index in [1.165, 1.54) is 13.3 Å². The van der Waals surface area contributed by atoms with E-state index in [9.17, 15) is 15.2 Å². The molecule has 1 aliphatic rings. The molecule has 1 aromatic heterocycles. The first kappa shape index (κ1) is 15.9. The van der Waals surface area contributed by atoms with Crippen molar-refractivity contribution in [1.29, 1.82) is 0 Å². The van der Waals surface area contributed by atoms with Gasteiger partial charge in [-0.2, -0.15) is 4.98 Å². The van der Waals surface area contributed by atoms with Gasteiger partial charge in [-0.05, 0) is 31.4 Å². The van der Waals surface area contributed by atoms with Gasteiger partial charge in [-0.15, -0.1) is 0 Å². The molecule has 2 rings (SSSR count). The van der Waals surface area contributed by atoms with Crippen molar-refractivity contribution in [3.63, 3.8) is 0 Å². The van der Waals surface area contributed by atoms with E-state index in [-0.39, 0.29) is 34.5 Å². The summed E-state index contributed by atoms with van der Waals surface area (Å²) in [6.07, 6.45) is 5.10. The third-order valence-electron chi connectivity index (χ3n) is 4.09. The van der Waals surface area contributed by atoms with E-state index in [0.717, 1.165) is 25.7 Å². The van der Waals surface area contributed by atoms with Crippen LogP contribution >= 0.6 is 11.6 Å². The highest BCUT2D eigenvalue weighted by Gasteiger charge is 2.32. The van der Waals surface area contributed by atoms with Gasteiger partial charge in [0.2, 0.25) is 11.1 Å². The molecule has 21 heavy (non-hydrogen) atoms. The van der Waals surface area contributed by atoms with E-state index in [2.05, 4.69) is 15.3 Å². The fourth-order valence-corrected chi connectivity index (χ4v) is 3.05. The highest BCUT2D eigenvalue weighted by Crippen LogP contribution is 2.37. The molecule has 0 spiro atoms. The van der Waals surface area contributed by atoms with Gasteiger partial charge in [0.15, 0.2) is 0 Å². The summed E-state index contributed by atoms with van der Waals surface area (Å²) in [5, 5.41) is 23.8. The number of hydrogen-bond acceptors (Lipinski definition) is 6. The van der Waals surface area contributed by atoms with E-state index in [0.29, 0.717) is 6.54 Å². The van der Waals surface area contributed by atoms with Crippen molar-refractivity contribution >= 4 is 23.1 Å². The molecule has 7 nitrogen and oxygen atoms in total. The van der Waals surface area contributed by atoms with E-state index < -0.39 is 4.92 Å². The Bertz CT molecular complexity index is 532. The molecular formula is C13H19ClN4O3. The first-order chi connectivity index (χ1) is 9.97. The Morgan fingerprint density at radius 1 is 1.38 bits per heavy atom. The Morgan fingerprint density at radius 2 is 2.05 bits per heavy atom. The lowest BCUT2D eigenvalue weighted by molar-refractivity contribution is -0.385. The number of anilines is 1. The van der Waals surface area contributed by atoms with Crippen molar-refractivity contribution in [2.75, 3.05) is 18.5 Å². The first-order valence-electron chi connectivity index (χ1n) is 7.01. The third-order valence-corrected chi connectivity index (χ3v) is 4.26. The quantitative estimate of drug-likeness (QED) is 0.492. The molecule has 0 aliphatic heterocycles. The van der Waals surface area contributed by atoms with Gasteiger partial charge >= 0.3 is 5.69 Å². The van der Waals surface area contributed by atoms with Crippen LogP contribution in [0, 0.1) is 22.5 Å². The second-order valence-electron chi connectivity index (χ2n) is 5.60. The van der Waals surface area contributed by atoms with Crippen LogP contribution in [0.5, 0.6) is 0 Å². The lowest BCUT2D eigenvalue weighted by Gasteiger charge is -2.35. The maximum Gasteiger partial charge on any atom is 0.332 e. The van der Waals surface area contributed by atoms with Crippen LogP contribution in [0.3, 0.4) is 0 Å². The molecule has 8 heteroatoms. The van der Waals surface area contributed by atoms with Crippen LogP contribution in [0.25, 0.3) is 0 Å². The van der Waals surface area contributed by atoms with E-state index in [1.54, 1.807) is 0 Å². The number of aliphatic hydroxyl groups is 1. The lowest BCUT2D eigenvalue weighted by atomic mass is 9.74. The Morgan fingerprint density at radius 3 is 2.62 bits per heavy atom. The molecule has 1 heterocycles. The standard InChI is InChI=1S/C13H19ClN4O3/c1-9-10(18(20)21)11(17-12(14)16-9)15-7-13(8-19)5-3-2-4-6-13/h19H,2-8H2,1H3,(H,15,16,17). The maximum atomic E-state index is 11.1. The van der Waals surface area contributed by atoms with Crippen molar-refractivity contribution in [3.8, 4) is 0 Å². The monoisotopic (exact) mass is 314 g/mol. The molecule has 1 aromatic rings. The average Bonchev–Trinajstić information content (AvgIpc) is 2.45. The molecule has 0 amide bonds. The van der Waals surface area contributed by atoms with Crippen molar-refractivity contribution in [2.45, 2.75) is 39.0 Å². The number of hydrogen-bond donors (Lipinski definition) is 2. The van der Waals surface area contributed by atoms with Crippen LogP contribution < -0.4 is 5.32 Å². The normalized spacial score (nSPS) is 17.5. The molecule has 0 atom stereocenters. The van der Waals surface area contributed by atoms with E-state index in [1.807, 2.05) is 0 Å². The Balaban J connectivity index is 2.21. The summed E-state index contributed by atoms with van der Waals surface area (Å²) in [5.74, 6) is 0.121. The summed E-state index contributed by atoms with van der Waals surface area (Å²) >= 11 is 5.78. The van der Waals surface area contributed by atoms with Crippen molar-refractivity contribution in [2.24, 2.45) is 5.41 Å². The fourth-order valence-electron chi connectivity index (χ4n) is 2.84. The first-order valence-corrected chi connectivity index (χ1v) is 7.38. The summed E-state index contributed by atoms with van der Waals surface area (Å²) in [6, 6.07) is 0. The summed E-state index contributed by atoms with van der Waals surface area (Å²) in [4.78, 5) is 18.4. The highest BCUT2D eigenvalue weighted by molar-refractivity contribution is 6.28. The second-order valence-corrected chi connectivity index (χ2v) is 5.94. The number of halogens is 1. The SMILES string of the molecule is Cc1nc(Cl)nc(NCC2(CO)CCCCC2)c1[N+](=O)[O-]. The molecule has 1 aliphatic carbocycles. The molecule has 0 radical (unpaired) electrons. The smallest absolute Gasteiger partial charge is 0.332 e. The Kier molecular flexibility index (Phi) is 4.95. The molecular weight excluding hydrogens is 296 g/mol. The minimum absolute atomic E-state index is 0.0257. The fraction of sp³-hybridized carbons (Fsp3) is 0.692. The molecule has 0 unspecified atom stereocenters. The van der Waals surface area contributed by atoms with Gasteiger partial charge in [0.1, 0.15) is 5.69 Å². The largest absolute Gasteiger partial charge is 0.396 e. The van der Waals surface area contributed by atoms with Gasteiger partial charge in [0.25, 0.3) is 0 Å². The van der Waals surface area contributed by atoms with Crippen molar-refractivity contribution < 1.29 is 10.0 Å². The number of aryl methyl sites for hydroxylation is 1. The Labute approximate surface area is 127 Å². The summed E-state index contributed by atoms with van der Waals surface area (Å²) in [6.45, 7) is 2.03. The topological polar surface area (TPSA) is 101 Å². The van der Waals surface area contributed by atoms with Gasteiger partial charge in [-0.25, -0.2) is 4.98 Å². The van der Waals surface area contributed by atoms with Gasteiger partial charge in [-0.1, -0.05) is 19.3 Å². The van der Waals surface area contributed by atoms with Gasteiger partial charge in [0, 0.05) is 12.0 Å². The summed E-state index contributed by atoms with van der Waals surface area (Å²) in [7, 11) is 0. The van der Waals surface area contributed by atoms with Gasteiger partial charge < -0.3 is 10.4 Å². The molecule has 0 aromatic carbocycles. The molecule has 1 saturated carbocycles. The Hall–Kier alpha value is -1.47. The molecule has 2 N–H and O–H groups in total. The zero-order valence-corrected chi connectivity index (χ0v) is 12.7. The van der Waals surface area contributed by atoms with Crippen LogP contribution in [-0.4, -0.2) is 33.1 Å². The number of nitro groups is 1. The molecule has 0 bridgehead atoms. The number of nitrogens with zero attached hydrogens (tertiary/aromatic N) is 3. The minimum atomic E-state index is -0.513. The van der Waals surface area contributed by atoms with Crippen LogP contribution in [0.4, 0.5) is 11.5 Å². The van der Waals surface area contributed by atoms with E-state index in [4.69, 9.17) is 11.6 Å². The minimum Gasteiger partial charge on any atom is -0.396 e. The predicted molar refractivity (Wildman–Crippen MR) is 79.5 cm³/mol. The summed E-state index contributed by atoms with van der Waals surface area (Å²) < 4.78 is 0. The molecule has 116 valence electrons. The van der Waals surface area contributed by atoms with Gasteiger partial charge in [0.05, 0.1) is 11.5 Å². The predicted octanol–water partition coefficient (Wildman–Crippen LogP) is 2.70. The zero-order chi connectivity index (χ0) is 15.5. The van der Waals surface area contributed by atoms with Crippen LogP contribution in [0.2, 0.25) is 5.28 Å². The second kappa shape index (κ2) is 6.53. The molecule has 0 saturated heterocycles. The van der Waals surface area contributed by atoms with E-state index >= 15 is 0 Å². The van der Waals surface area contributed by atoms with Crippen LogP contribution in [0.15, 0.2) is 0 Å². The zero-order valence-electron chi connectivity index (χ0n) is 11.9. The average molecular weight is 315 g/mol. The lowest BCUT2D eigenvalue weighted by Crippen LogP contribution is -2.36. The highest BCUT2D eigenvalue weighted by atomic mass is 35.5. The van der Waals surface area contributed by atoms with Crippen molar-refractivity contribution in [1.82, 2.24) is 9.97 Å². The van der Waals surface area contributed by atoms with Crippen molar-refractivity contribution in [3.05, 3.63) is 21.1 Å². The van der Waals surface area contributed by atoms with Gasteiger partial charge in [-0.3, -0.25) is 10.1 Å². The number of rotatable bonds is 5. The number of nitrogens with one attached hydrogen (secondary N) is 1. The third kappa shape index (κ3) is 3.59.